The van der Waals surface area contributed by atoms with Gasteiger partial charge >= 0.3 is 0 Å². The summed E-state index contributed by atoms with van der Waals surface area (Å²) in [4.78, 5) is 0. The molecule has 0 spiro atoms. The topological polar surface area (TPSA) is 27.7 Å². The molecule has 2 aromatic rings. The molecule has 1 aliphatic heterocycles. The van der Waals surface area contributed by atoms with E-state index in [2.05, 4.69) is 6.92 Å². The maximum Gasteiger partial charge on any atom is 0.191 e. The van der Waals surface area contributed by atoms with Gasteiger partial charge in [-0.15, -0.1) is 0 Å². The minimum Gasteiger partial charge on any atom is -0.483 e. The quantitative estimate of drug-likeness (QED) is 0.408. The van der Waals surface area contributed by atoms with Crippen LogP contribution in [-0.2, 0) is 16.1 Å². The Morgan fingerprint density at radius 1 is 0.818 bits per heavy atom. The van der Waals surface area contributed by atoms with E-state index in [0.717, 1.165) is 30.2 Å². The van der Waals surface area contributed by atoms with E-state index < -0.39 is 35.3 Å². The second-order valence-electron chi connectivity index (χ2n) is 9.18. The summed E-state index contributed by atoms with van der Waals surface area (Å²) < 4.78 is 72.3. The number of hydrogen-bond acceptors (Lipinski definition) is 3. The van der Waals surface area contributed by atoms with E-state index in [9.17, 15) is 17.6 Å². The highest BCUT2D eigenvalue weighted by atomic mass is 19.2. The fraction of sp³-hybridized carbons (Fsp3) is 0.538. The van der Waals surface area contributed by atoms with Gasteiger partial charge in [0.1, 0.15) is 6.61 Å². The SMILES string of the molecule is CCC[C@H]1CC[C@H]([C@H]2CO[C@H](c3cc(F)c(OCc4ccc(F)c(F)c4)c(F)c3)OC2)CC1. The van der Waals surface area contributed by atoms with Gasteiger partial charge in [0.15, 0.2) is 35.3 Å². The van der Waals surface area contributed by atoms with E-state index in [0.29, 0.717) is 25.0 Å². The zero-order chi connectivity index (χ0) is 23.4. The average Bonchev–Trinajstić information content (AvgIpc) is 2.81. The molecular formula is C26H30F4O3. The maximum atomic E-state index is 14.6. The predicted molar refractivity (Wildman–Crippen MR) is 116 cm³/mol. The van der Waals surface area contributed by atoms with Crippen LogP contribution in [0.15, 0.2) is 30.3 Å². The third-order valence-electron chi connectivity index (χ3n) is 6.84. The van der Waals surface area contributed by atoms with Crippen LogP contribution in [0.3, 0.4) is 0 Å². The predicted octanol–water partition coefficient (Wildman–Crippen LogP) is 7.09. The molecule has 0 bridgehead atoms. The highest BCUT2D eigenvalue weighted by molar-refractivity contribution is 5.32. The lowest BCUT2D eigenvalue weighted by Crippen LogP contribution is -2.34. The molecular weight excluding hydrogens is 436 g/mol. The molecule has 180 valence electrons. The second-order valence-corrected chi connectivity index (χ2v) is 9.18. The zero-order valence-corrected chi connectivity index (χ0v) is 18.8. The molecule has 1 heterocycles. The van der Waals surface area contributed by atoms with Gasteiger partial charge in [-0.2, -0.15) is 0 Å². The minimum atomic E-state index is -1.05. The number of hydrogen-bond donors (Lipinski definition) is 0. The van der Waals surface area contributed by atoms with Crippen LogP contribution in [-0.4, -0.2) is 13.2 Å². The van der Waals surface area contributed by atoms with E-state index in [1.165, 1.54) is 44.6 Å². The van der Waals surface area contributed by atoms with Gasteiger partial charge in [0.2, 0.25) is 0 Å². The second kappa shape index (κ2) is 10.9. The van der Waals surface area contributed by atoms with E-state index in [1.807, 2.05) is 0 Å². The first-order valence-electron chi connectivity index (χ1n) is 11.7. The maximum absolute atomic E-state index is 14.6. The molecule has 0 aromatic heterocycles. The number of benzene rings is 2. The number of rotatable bonds is 7. The van der Waals surface area contributed by atoms with Crippen LogP contribution < -0.4 is 4.74 Å². The summed E-state index contributed by atoms with van der Waals surface area (Å²) in [7, 11) is 0. The molecule has 0 amide bonds. The van der Waals surface area contributed by atoms with Gasteiger partial charge in [0.25, 0.3) is 0 Å². The summed E-state index contributed by atoms with van der Waals surface area (Å²) >= 11 is 0. The Bertz CT molecular complexity index is 912. The molecule has 0 radical (unpaired) electrons. The summed E-state index contributed by atoms with van der Waals surface area (Å²) in [6.45, 7) is 2.94. The van der Waals surface area contributed by atoms with Crippen molar-refractivity contribution in [2.24, 2.45) is 17.8 Å². The molecule has 0 atom stereocenters. The molecule has 2 fully saturated rings. The number of ether oxygens (including phenoxy) is 3. The van der Waals surface area contributed by atoms with E-state index in [4.69, 9.17) is 14.2 Å². The molecule has 7 heteroatoms. The number of halogens is 4. The fourth-order valence-corrected chi connectivity index (χ4v) is 4.98. The van der Waals surface area contributed by atoms with Crippen molar-refractivity contribution < 1.29 is 31.8 Å². The molecule has 33 heavy (non-hydrogen) atoms. The average molecular weight is 467 g/mol. The van der Waals surface area contributed by atoms with Crippen LogP contribution >= 0.6 is 0 Å². The highest BCUT2D eigenvalue weighted by Gasteiger charge is 2.33. The Labute approximate surface area is 192 Å². The lowest BCUT2D eigenvalue weighted by Gasteiger charge is -2.37. The standard InChI is InChI=1S/C26H30F4O3/c1-2-3-16-4-7-18(8-5-16)20-14-32-26(33-15-20)19-11-23(29)25(24(30)12-19)31-13-17-6-9-21(27)22(28)10-17/h6,9-12,16,18,20,26H,2-5,7-8,13-15H2,1H3/t16-,18-,20-,26-. The van der Waals surface area contributed by atoms with Crippen molar-refractivity contribution in [2.75, 3.05) is 13.2 Å². The van der Waals surface area contributed by atoms with Crippen LogP contribution in [0.25, 0.3) is 0 Å². The first-order chi connectivity index (χ1) is 15.9. The summed E-state index contributed by atoms with van der Waals surface area (Å²) in [6.07, 6.45) is 6.56. The molecule has 0 unspecified atom stereocenters. The Kier molecular flexibility index (Phi) is 7.91. The largest absolute Gasteiger partial charge is 0.483 e. The van der Waals surface area contributed by atoms with Gasteiger partial charge in [-0.25, -0.2) is 17.6 Å². The Hall–Kier alpha value is -2.12. The molecule has 4 rings (SSSR count). The lowest BCUT2D eigenvalue weighted by molar-refractivity contribution is -0.215. The Morgan fingerprint density at radius 3 is 2.09 bits per heavy atom. The van der Waals surface area contributed by atoms with Crippen LogP contribution in [0.2, 0.25) is 0 Å². The monoisotopic (exact) mass is 466 g/mol. The molecule has 1 saturated carbocycles. The van der Waals surface area contributed by atoms with Crippen LogP contribution in [0, 0.1) is 41.0 Å². The van der Waals surface area contributed by atoms with Crippen molar-refractivity contribution in [1.82, 2.24) is 0 Å². The molecule has 3 nitrogen and oxygen atoms in total. The van der Waals surface area contributed by atoms with Crippen molar-refractivity contribution in [2.45, 2.75) is 58.3 Å². The fourth-order valence-electron chi connectivity index (χ4n) is 4.98. The molecule has 2 aliphatic rings. The van der Waals surface area contributed by atoms with Gasteiger partial charge in [0, 0.05) is 11.5 Å². The van der Waals surface area contributed by atoms with Gasteiger partial charge in [-0.3, -0.25) is 0 Å². The summed E-state index contributed by atoms with van der Waals surface area (Å²) in [5.41, 5.74) is 0.501. The normalized spacial score (nSPS) is 25.7. The molecule has 1 aliphatic carbocycles. The Morgan fingerprint density at radius 2 is 1.48 bits per heavy atom. The summed E-state index contributed by atoms with van der Waals surface area (Å²) in [5, 5.41) is 0. The summed E-state index contributed by atoms with van der Waals surface area (Å²) in [5.74, 6) is -2.74. The molecule has 0 N–H and O–H groups in total. The van der Waals surface area contributed by atoms with Gasteiger partial charge < -0.3 is 14.2 Å². The molecule has 2 aromatic carbocycles. The highest BCUT2D eigenvalue weighted by Crippen LogP contribution is 2.39. The summed E-state index contributed by atoms with van der Waals surface area (Å²) in [6, 6.07) is 5.41. The first-order valence-corrected chi connectivity index (χ1v) is 11.7. The first kappa shape index (κ1) is 24.0. The minimum absolute atomic E-state index is 0.246. The Balaban J connectivity index is 1.32. The van der Waals surface area contributed by atoms with Crippen molar-refractivity contribution >= 4 is 0 Å². The van der Waals surface area contributed by atoms with Crippen molar-refractivity contribution in [3.05, 3.63) is 64.7 Å². The van der Waals surface area contributed by atoms with Crippen molar-refractivity contribution in [1.29, 1.82) is 0 Å². The molecule has 1 saturated heterocycles. The van der Waals surface area contributed by atoms with Gasteiger partial charge in [0.05, 0.1) is 13.2 Å². The lowest BCUT2D eigenvalue weighted by atomic mass is 9.75. The zero-order valence-electron chi connectivity index (χ0n) is 18.8. The van der Waals surface area contributed by atoms with Crippen LogP contribution in [0.4, 0.5) is 17.6 Å². The van der Waals surface area contributed by atoms with Crippen LogP contribution in [0.5, 0.6) is 5.75 Å². The smallest absolute Gasteiger partial charge is 0.191 e. The van der Waals surface area contributed by atoms with Gasteiger partial charge in [-0.1, -0.05) is 38.7 Å². The van der Waals surface area contributed by atoms with E-state index >= 15 is 0 Å². The third kappa shape index (κ3) is 5.87. The van der Waals surface area contributed by atoms with Crippen LogP contribution in [0.1, 0.15) is 62.9 Å². The van der Waals surface area contributed by atoms with Crippen molar-refractivity contribution in [3.8, 4) is 5.75 Å². The van der Waals surface area contributed by atoms with E-state index in [1.54, 1.807) is 0 Å². The van der Waals surface area contributed by atoms with E-state index in [-0.39, 0.29) is 17.7 Å². The van der Waals surface area contributed by atoms with Gasteiger partial charge in [-0.05, 0) is 54.5 Å². The third-order valence-corrected chi connectivity index (χ3v) is 6.84. The van der Waals surface area contributed by atoms with Crippen molar-refractivity contribution in [3.63, 3.8) is 0 Å².